The second-order valence-corrected chi connectivity index (χ2v) is 6.13. The van der Waals surface area contributed by atoms with Crippen molar-refractivity contribution in [3.63, 3.8) is 0 Å². The van der Waals surface area contributed by atoms with E-state index < -0.39 is 5.60 Å². The highest BCUT2D eigenvalue weighted by atomic mass is 16.5. The van der Waals surface area contributed by atoms with Gasteiger partial charge in [0, 0.05) is 12.7 Å². The number of benzene rings is 1. The van der Waals surface area contributed by atoms with Crippen LogP contribution in [0.4, 0.5) is 0 Å². The van der Waals surface area contributed by atoms with E-state index in [9.17, 15) is 15.0 Å². The Morgan fingerprint density at radius 2 is 2.12 bits per heavy atom. The topological polar surface area (TPSA) is 82.9 Å². The highest BCUT2D eigenvalue weighted by Gasteiger charge is 2.40. The van der Waals surface area contributed by atoms with Crippen molar-refractivity contribution in [2.45, 2.75) is 18.9 Å². The van der Waals surface area contributed by atoms with Crippen LogP contribution in [0.5, 0.6) is 11.5 Å². The number of amides is 1. The molecule has 0 radical (unpaired) electrons. The van der Waals surface area contributed by atoms with Crippen molar-refractivity contribution in [1.82, 2.24) is 9.88 Å². The summed E-state index contributed by atoms with van der Waals surface area (Å²) in [6.45, 7) is 2.58. The van der Waals surface area contributed by atoms with E-state index in [1.165, 1.54) is 17.2 Å². The summed E-state index contributed by atoms with van der Waals surface area (Å²) in [6.07, 6.45) is 1.87. The fraction of sp³-hybridized carbons (Fsp3) is 0.333. The molecule has 0 unspecified atom stereocenters. The SMILES string of the molecule is Cc1ccccc1OC[C@@]1(O)CCN(C(=O)c2ncccc2O)C1. The van der Waals surface area contributed by atoms with Crippen molar-refractivity contribution >= 4 is 5.91 Å². The van der Waals surface area contributed by atoms with E-state index in [-0.39, 0.29) is 30.5 Å². The summed E-state index contributed by atoms with van der Waals surface area (Å²) in [7, 11) is 0. The number of carbonyl (C=O) groups excluding carboxylic acids is 1. The number of aliphatic hydroxyl groups is 1. The second-order valence-electron chi connectivity index (χ2n) is 6.13. The van der Waals surface area contributed by atoms with Gasteiger partial charge in [-0.25, -0.2) is 4.98 Å². The van der Waals surface area contributed by atoms with E-state index in [2.05, 4.69) is 4.98 Å². The number of nitrogens with zero attached hydrogens (tertiary/aromatic N) is 2. The number of rotatable bonds is 4. The molecule has 0 saturated carbocycles. The van der Waals surface area contributed by atoms with Crippen molar-refractivity contribution in [2.75, 3.05) is 19.7 Å². The summed E-state index contributed by atoms with van der Waals surface area (Å²) >= 11 is 0. The third-order valence-electron chi connectivity index (χ3n) is 4.20. The first-order chi connectivity index (χ1) is 11.5. The molecular formula is C18H20N2O4. The van der Waals surface area contributed by atoms with E-state index in [4.69, 9.17) is 4.74 Å². The van der Waals surface area contributed by atoms with E-state index in [0.29, 0.717) is 13.0 Å². The molecule has 1 fully saturated rings. The predicted octanol–water partition coefficient (Wildman–Crippen LogP) is 1.75. The summed E-state index contributed by atoms with van der Waals surface area (Å²) in [5.41, 5.74) is -0.116. The van der Waals surface area contributed by atoms with Gasteiger partial charge in [0.1, 0.15) is 23.7 Å². The summed E-state index contributed by atoms with van der Waals surface area (Å²) in [5, 5.41) is 20.4. The highest BCUT2D eigenvalue weighted by Crippen LogP contribution is 2.26. The largest absolute Gasteiger partial charge is 0.505 e. The molecule has 1 aliphatic rings. The third-order valence-corrected chi connectivity index (χ3v) is 4.20. The number of aryl methyl sites for hydroxylation is 1. The van der Waals surface area contributed by atoms with Crippen LogP contribution in [0.25, 0.3) is 0 Å². The fourth-order valence-electron chi connectivity index (χ4n) is 2.79. The molecule has 1 aliphatic heterocycles. The Kier molecular flexibility index (Phi) is 4.40. The third kappa shape index (κ3) is 3.33. The zero-order chi connectivity index (χ0) is 17.2. The van der Waals surface area contributed by atoms with E-state index >= 15 is 0 Å². The van der Waals surface area contributed by atoms with Crippen LogP contribution < -0.4 is 4.74 Å². The Balaban J connectivity index is 1.65. The van der Waals surface area contributed by atoms with Crippen molar-refractivity contribution in [1.29, 1.82) is 0 Å². The molecule has 1 saturated heterocycles. The van der Waals surface area contributed by atoms with Gasteiger partial charge in [-0.15, -0.1) is 0 Å². The highest BCUT2D eigenvalue weighted by molar-refractivity contribution is 5.95. The standard InChI is InChI=1S/C18H20N2O4/c1-13-5-2-3-7-15(13)24-12-18(23)8-10-20(11-18)17(22)16-14(21)6-4-9-19-16/h2-7,9,21,23H,8,10-12H2,1H3/t18-/m1/s1. The van der Waals surface area contributed by atoms with E-state index in [1.54, 1.807) is 6.07 Å². The lowest BCUT2D eigenvalue weighted by atomic mass is 10.1. The molecule has 2 N–H and O–H groups in total. The maximum absolute atomic E-state index is 12.4. The van der Waals surface area contributed by atoms with Gasteiger partial charge >= 0.3 is 0 Å². The van der Waals surface area contributed by atoms with Crippen LogP contribution in [-0.2, 0) is 0 Å². The summed E-state index contributed by atoms with van der Waals surface area (Å²) in [6, 6.07) is 10.6. The molecule has 6 heteroatoms. The number of hydrogen-bond donors (Lipinski definition) is 2. The number of likely N-dealkylation sites (tertiary alicyclic amines) is 1. The van der Waals surface area contributed by atoms with Gasteiger partial charge in [-0.3, -0.25) is 4.79 Å². The smallest absolute Gasteiger partial charge is 0.276 e. The Morgan fingerprint density at radius 1 is 1.33 bits per heavy atom. The molecular weight excluding hydrogens is 308 g/mol. The number of β-amino-alcohol motifs (C(OH)–C–C–N with tert-alkyl or cyclic N) is 1. The number of carbonyl (C=O) groups is 1. The summed E-state index contributed by atoms with van der Waals surface area (Å²) in [5.74, 6) is 0.173. The quantitative estimate of drug-likeness (QED) is 0.893. The maximum Gasteiger partial charge on any atom is 0.276 e. The average molecular weight is 328 g/mol. The molecule has 3 rings (SSSR count). The molecule has 6 nitrogen and oxygen atoms in total. The first kappa shape index (κ1) is 16.3. The Bertz CT molecular complexity index is 749. The Morgan fingerprint density at radius 3 is 2.88 bits per heavy atom. The number of ether oxygens (including phenoxy) is 1. The van der Waals surface area contributed by atoms with Crippen LogP contribution in [0.2, 0.25) is 0 Å². The van der Waals surface area contributed by atoms with Crippen molar-refractivity contribution in [3.05, 3.63) is 53.9 Å². The number of para-hydroxylation sites is 1. The van der Waals surface area contributed by atoms with Gasteiger partial charge in [-0.05, 0) is 37.1 Å². The van der Waals surface area contributed by atoms with Crippen LogP contribution in [0.1, 0.15) is 22.5 Å². The average Bonchev–Trinajstić information content (AvgIpc) is 2.97. The molecule has 1 atom stereocenters. The maximum atomic E-state index is 12.4. The lowest BCUT2D eigenvalue weighted by molar-refractivity contribution is 0.00403. The van der Waals surface area contributed by atoms with Gasteiger partial charge in [-0.1, -0.05) is 18.2 Å². The van der Waals surface area contributed by atoms with Crippen molar-refractivity contribution in [2.24, 2.45) is 0 Å². The fourth-order valence-corrected chi connectivity index (χ4v) is 2.79. The lowest BCUT2D eigenvalue weighted by Crippen LogP contribution is -2.40. The van der Waals surface area contributed by atoms with E-state index in [1.807, 2.05) is 31.2 Å². The minimum absolute atomic E-state index is 0.00146. The number of pyridine rings is 1. The minimum atomic E-state index is -1.11. The molecule has 1 amide bonds. The first-order valence-corrected chi connectivity index (χ1v) is 7.83. The van der Waals surface area contributed by atoms with Gasteiger partial charge in [0.2, 0.25) is 0 Å². The van der Waals surface area contributed by atoms with Gasteiger partial charge in [0.25, 0.3) is 5.91 Å². The second kappa shape index (κ2) is 6.49. The van der Waals surface area contributed by atoms with Gasteiger partial charge in [-0.2, -0.15) is 0 Å². The van der Waals surface area contributed by atoms with Crippen LogP contribution >= 0.6 is 0 Å². The molecule has 1 aromatic carbocycles. The number of hydrogen-bond acceptors (Lipinski definition) is 5. The van der Waals surface area contributed by atoms with Gasteiger partial charge in [0.15, 0.2) is 5.69 Å². The number of aromatic hydroxyl groups is 1. The van der Waals surface area contributed by atoms with Gasteiger partial charge in [0.05, 0.1) is 6.54 Å². The van der Waals surface area contributed by atoms with Crippen molar-refractivity contribution < 1.29 is 19.7 Å². The molecule has 2 heterocycles. The molecule has 0 aliphatic carbocycles. The summed E-state index contributed by atoms with van der Waals surface area (Å²) < 4.78 is 5.73. The van der Waals surface area contributed by atoms with Crippen LogP contribution in [-0.4, -0.2) is 51.3 Å². The van der Waals surface area contributed by atoms with E-state index in [0.717, 1.165) is 11.3 Å². The monoisotopic (exact) mass is 328 g/mol. The lowest BCUT2D eigenvalue weighted by Gasteiger charge is -2.24. The molecule has 1 aromatic heterocycles. The van der Waals surface area contributed by atoms with Crippen LogP contribution in [0.15, 0.2) is 42.6 Å². The van der Waals surface area contributed by atoms with Gasteiger partial charge < -0.3 is 19.8 Å². The Hall–Kier alpha value is -2.60. The van der Waals surface area contributed by atoms with Crippen LogP contribution in [0, 0.1) is 6.92 Å². The Labute approximate surface area is 140 Å². The minimum Gasteiger partial charge on any atom is -0.505 e. The predicted molar refractivity (Wildman–Crippen MR) is 88.0 cm³/mol. The molecule has 24 heavy (non-hydrogen) atoms. The normalized spacial score (nSPS) is 20.2. The van der Waals surface area contributed by atoms with Crippen LogP contribution in [0.3, 0.4) is 0 Å². The molecule has 0 bridgehead atoms. The summed E-state index contributed by atoms with van der Waals surface area (Å²) in [4.78, 5) is 17.8. The zero-order valence-corrected chi connectivity index (χ0v) is 13.5. The molecule has 2 aromatic rings. The molecule has 0 spiro atoms. The molecule has 126 valence electrons. The zero-order valence-electron chi connectivity index (χ0n) is 13.5. The number of aromatic nitrogens is 1. The van der Waals surface area contributed by atoms with Crippen molar-refractivity contribution in [3.8, 4) is 11.5 Å². The first-order valence-electron chi connectivity index (χ1n) is 7.83.